The van der Waals surface area contributed by atoms with Crippen molar-refractivity contribution in [2.24, 2.45) is 0 Å². The second kappa shape index (κ2) is 10.4. The first-order chi connectivity index (χ1) is 17.9. The molecule has 10 nitrogen and oxygen atoms in total. The molecular formula is C27H24N2O8. The third-order valence-corrected chi connectivity index (χ3v) is 5.92. The number of benzene rings is 3. The summed E-state index contributed by atoms with van der Waals surface area (Å²) in [6.07, 6.45) is 0. The first kappa shape index (κ1) is 25.2. The van der Waals surface area contributed by atoms with Crippen LogP contribution in [0.3, 0.4) is 0 Å². The average Bonchev–Trinajstić information content (AvgIpc) is 3.18. The van der Waals surface area contributed by atoms with Crippen LogP contribution >= 0.6 is 0 Å². The van der Waals surface area contributed by atoms with E-state index in [0.29, 0.717) is 0 Å². The monoisotopic (exact) mass is 504 g/mol. The smallest absolute Gasteiger partial charge is 0.339 e. The van der Waals surface area contributed by atoms with Crippen LogP contribution in [0.1, 0.15) is 41.4 Å². The predicted molar refractivity (Wildman–Crippen MR) is 132 cm³/mol. The largest absolute Gasteiger partial charge is 0.493 e. The molecule has 3 amide bonds. The fourth-order valence-electron chi connectivity index (χ4n) is 4.11. The number of hydrogen-bond acceptors (Lipinski definition) is 8. The number of anilines is 1. The quantitative estimate of drug-likeness (QED) is 0.339. The SMILES string of the molecule is COC(=O)c1ccccc1N(CN1C(=O)c2ccccc2C1=O)C(=O)c1cc(OC)c(OC)c(OC)c1. The highest BCUT2D eigenvalue weighted by molar-refractivity contribution is 6.22. The molecule has 1 aliphatic rings. The maximum Gasteiger partial charge on any atom is 0.339 e. The lowest BCUT2D eigenvalue weighted by molar-refractivity contribution is 0.0601. The molecule has 0 saturated carbocycles. The Morgan fingerprint density at radius 3 is 1.84 bits per heavy atom. The van der Waals surface area contributed by atoms with Gasteiger partial charge in [0.1, 0.15) is 6.67 Å². The van der Waals surface area contributed by atoms with Gasteiger partial charge in [0, 0.05) is 5.56 Å². The van der Waals surface area contributed by atoms with E-state index in [1.54, 1.807) is 36.4 Å². The molecule has 0 radical (unpaired) electrons. The Balaban J connectivity index is 1.84. The Hall–Kier alpha value is -4.86. The second-order valence-electron chi connectivity index (χ2n) is 7.88. The highest BCUT2D eigenvalue weighted by Gasteiger charge is 2.38. The van der Waals surface area contributed by atoms with Crippen LogP contribution < -0.4 is 19.1 Å². The number of fused-ring (bicyclic) bond motifs is 1. The maximum atomic E-state index is 14.0. The van der Waals surface area contributed by atoms with Crippen molar-refractivity contribution in [3.63, 3.8) is 0 Å². The van der Waals surface area contributed by atoms with Gasteiger partial charge in [0.05, 0.1) is 50.8 Å². The van der Waals surface area contributed by atoms with Gasteiger partial charge in [0.15, 0.2) is 11.5 Å². The normalized spacial score (nSPS) is 12.2. The van der Waals surface area contributed by atoms with Crippen LogP contribution in [0.15, 0.2) is 60.7 Å². The Labute approximate surface area is 212 Å². The van der Waals surface area contributed by atoms with Gasteiger partial charge in [-0.3, -0.25) is 24.2 Å². The van der Waals surface area contributed by atoms with Crippen LogP contribution in [0.4, 0.5) is 5.69 Å². The van der Waals surface area contributed by atoms with E-state index >= 15 is 0 Å². The number of carbonyl (C=O) groups is 4. The van der Waals surface area contributed by atoms with Crippen molar-refractivity contribution in [2.45, 2.75) is 0 Å². The minimum absolute atomic E-state index is 0.0717. The Morgan fingerprint density at radius 1 is 0.784 bits per heavy atom. The third-order valence-electron chi connectivity index (χ3n) is 5.92. The maximum absolute atomic E-state index is 14.0. The minimum Gasteiger partial charge on any atom is -0.493 e. The molecule has 0 aromatic heterocycles. The molecular weight excluding hydrogens is 480 g/mol. The van der Waals surface area contributed by atoms with Gasteiger partial charge in [-0.2, -0.15) is 0 Å². The molecule has 0 saturated heterocycles. The molecule has 37 heavy (non-hydrogen) atoms. The summed E-state index contributed by atoms with van der Waals surface area (Å²) in [5, 5.41) is 0. The molecule has 0 atom stereocenters. The van der Waals surface area contributed by atoms with Crippen LogP contribution in [0.5, 0.6) is 17.2 Å². The number of rotatable bonds is 8. The van der Waals surface area contributed by atoms with Gasteiger partial charge in [-0.15, -0.1) is 0 Å². The number of esters is 1. The first-order valence-corrected chi connectivity index (χ1v) is 11.1. The van der Waals surface area contributed by atoms with E-state index in [0.717, 1.165) is 9.80 Å². The summed E-state index contributed by atoms with van der Waals surface area (Å²) in [7, 11) is 5.47. The van der Waals surface area contributed by atoms with Crippen LogP contribution in [0, 0.1) is 0 Å². The molecule has 0 bridgehead atoms. The number of methoxy groups -OCH3 is 4. The van der Waals surface area contributed by atoms with Crippen LogP contribution in [0.25, 0.3) is 0 Å². The van der Waals surface area contributed by atoms with Crippen LogP contribution in [-0.4, -0.2) is 63.7 Å². The summed E-state index contributed by atoms with van der Waals surface area (Å²) in [6, 6.07) is 15.5. The molecule has 10 heteroatoms. The Kier molecular flexibility index (Phi) is 7.10. The van der Waals surface area contributed by atoms with Gasteiger partial charge < -0.3 is 18.9 Å². The topological polar surface area (TPSA) is 112 Å². The zero-order chi connectivity index (χ0) is 26.7. The molecule has 4 rings (SSSR count). The van der Waals surface area contributed by atoms with Gasteiger partial charge >= 0.3 is 5.97 Å². The summed E-state index contributed by atoms with van der Waals surface area (Å²) in [6.45, 7) is -0.462. The molecule has 3 aromatic carbocycles. The van der Waals surface area contributed by atoms with Gasteiger partial charge in [0.2, 0.25) is 5.75 Å². The van der Waals surface area contributed by atoms with Gasteiger partial charge in [-0.05, 0) is 36.4 Å². The molecule has 1 heterocycles. The van der Waals surface area contributed by atoms with Gasteiger partial charge in [-0.1, -0.05) is 24.3 Å². The fraction of sp³-hybridized carbons (Fsp3) is 0.185. The van der Waals surface area contributed by atoms with Crippen molar-refractivity contribution in [3.05, 3.63) is 82.9 Å². The van der Waals surface area contributed by atoms with Crippen LogP contribution in [-0.2, 0) is 4.74 Å². The lowest BCUT2D eigenvalue weighted by Crippen LogP contribution is -2.45. The predicted octanol–water partition coefficient (Wildman–Crippen LogP) is 3.40. The van der Waals surface area contributed by atoms with Gasteiger partial charge in [0.25, 0.3) is 17.7 Å². The minimum atomic E-state index is -0.694. The van der Waals surface area contributed by atoms with Crippen molar-refractivity contribution in [3.8, 4) is 17.2 Å². The summed E-state index contributed by atoms with van der Waals surface area (Å²) in [5.74, 6) is -1.70. The number of carbonyl (C=O) groups excluding carboxylic acids is 4. The standard InChI is InChI=1S/C27H24N2O8/c1-34-21-13-16(14-22(35-2)23(21)36-3)24(30)28(20-12-8-7-11-19(20)27(33)37-4)15-29-25(31)17-9-5-6-10-18(17)26(29)32/h5-14H,15H2,1-4H3. The van der Waals surface area contributed by atoms with E-state index in [4.69, 9.17) is 18.9 Å². The number of amides is 3. The van der Waals surface area contributed by atoms with E-state index in [9.17, 15) is 19.2 Å². The number of para-hydroxylation sites is 1. The average molecular weight is 504 g/mol. The van der Waals surface area contributed by atoms with E-state index in [-0.39, 0.29) is 45.2 Å². The molecule has 0 aliphatic carbocycles. The number of ether oxygens (including phenoxy) is 4. The Morgan fingerprint density at radius 2 is 1.32 bits per heavy atom. The molecule has 3 aromatic rings. The van der Waals surface area contributed by atoms with Crippen molar-refractivity contribution >= 4 is 29.4 Å². The number of imide groups is 1. The zero-order valence-corrected chi connectivity index (χ0v) is 20.6. The van der Waals surface area contributed by atoms with Crippen molar-refractivity contribution in [1.82, 2.24) is 4.90 Å². The fourth-order valence-corrected chi connectivity index (χ4v) is 4.11. The van der Waals surface area contributed by atoms with Gasteiger partial charge in [-0.25, -0.2) is 4.79 Å². The third kappa shape index (κ3) is 4.44. The number of nitrogens with zero attached hydrogens (tertiary/aromatic N) is 2. The lowest BCUT2D eigenvalue weighted by Gasteiger charge is -2.28. The van der Waals surface area contributed by atoms with Crippen molar-refractivity contribution in [2.75, 3.05) is 40.0 Å². The van der Waals surface area contributed by atoms with E-state index in [2.05, 4.69) is 0 Å². The summed E-state index contributed by atoms with van der Waals surface area (Å²) >= 11 is 0. The zero-order valence-electron chi connectivity index (χ0n) is 20.6. The molecule has 190 valence electrons. The van der Waals surface area contributed by atoms with E-state index in [1.165, 1.54) is 52.7 Å². The highest BCUT2D eigenvalue weighted by Crippen LogP contribution is 2.39. The molecule has 0 unspecified atom stereocenters. The van der Waals surface area contributed by atoms with Crippen molar-refractivity contribution in [1.29, 1.82) is 0 Å². The van der Waals surface area contributed by atoms with E-state index < -0.39 is 30.4 Å². The lowest BCUT2D eigenvalue weighted by atomic mass is 10.1. The second-order valence-corrected chi connectivity index (χ2v) is 7.88. The number of hydrogen-bond donors (Lipinski definition) is 0. The van der Waals surface area contributed by atoms with E-state index in [1.807, 2.05) is 0 Å². The summed E-state index contributed by atoms with van der Waals surface area (Å²) in [4.78, 5) is 54.9. The Bertz CT molecular complexity index is 1340. The summed E-state index contributed by atoms with van der Waals surface area (Å²) < 4.78 is 21.0. The highest BCUT2D eigenvalue weighted by atomic mass is 16.5. The molecule has 1 aliphatic heterocycles. The van der Waals surface area contributed by atoms with Crippen LogP contribution in [0.2, 0.25) is 0 Å². The molecule has 0 N–H and O–H groups in total. The van der Waals surface area contributed by atoms with Crippen molar-refractivity contribution < 1.29 is 38.1 Å². The molecule has 0 fully saturated rings. The molecule has 0 spiro atoms. The first-order valence-electron chi connectivity index (χ1n) is 11.1. The summed E-state index contributed by atoms with van der Waals surface area (Å²) in [5.41, 5.74) is 0.778.